The fraction of sp³-hybridized carbons (Fsp3) is 0.467. The minimum atomic E-state index is -0.0168. The van der Waals surface area contributed by atoms with Gasteiger partial charge in [-0.05, 0) is 42.9 Å². The van der Waals surface area contributed by atoms with Gasteiger partial charge in [0.1, 0.15) is 5.84 Å². The van der Waals surface area contributed by atoms with Crippen LogP contribution in [0.2, 0.25) is 0 Å². The van der Waals surface area contributed by atoms with Gasteiger partial charge in [0, 0.05) is 17.5 Å². The summed E-state index contributed by atoms with van der Waals surface area (Å²) in [7, 11) is 0. The Morgan fingerprint density at radius 1 is 1.55 bits per heavy atom. The fourth-order valence-corrected chi connectivity index (χ4v) is 3.44. The second-order valence-corrected chi connectivity index (χ2v) is 6.17. The van der Waals surface area contributed by atoms with Gasteiger partial charge >= 0.3 is 0 Å². The van der Waals surface area contributed by atoms with E-state index in [1.165, 1.54) is 4.88 Å². The van der Waals surface area contributed by atoms with Gasteiger partial charge in [-0.1, -0.05) is 13.3 Å². The molecule has 0 fully saturated rings. The number of nitrogens with two attached hydrogens (primary N) is 1. The van der Waals surface area contributed by atoms with E-state index in [2.05, 4.69) is 12.2 Å². The number of carbonyl (C=O) groups excluding carboxylic acids is 1. The Hall–Kier alpha value is -1.62. The maximum Gasteiger partial charge on any atom is 0.244 e. The first-order chi connectivity index (χ1) is 9.61. The maximum atomic E-state index is 11.9. The number of unbranched alkanes of at least 4 members (excludes halogenated alkanes) is 1. The second kappa shape index (κ2) is 6.70. The molecule has 4 nitrogen and oxygen atoms in total. The molecule has 0 bridgehead atoms. The second-order valence-electron chi connectivity index (χ2n) is 5.03. The third-order valence-electron chi connectivity index (χ3n) is 3.41. The number of thiophene rings is 1. The van der Waals surface area contributed by atoms with Crippen molar-refractivity contribution in [1.82, 2.24) is 5.32 Å². The van der Waals surface area contributed by atoms with Crippen LogP contribution in [0, 0.1) is 5.41 Å². The maximum absolute atomic E-state index is 11.9. The molecule has 1 aromatic heterocycles. The molecule has 4 N–H and O–H groups in total. The molecule has 2 rings (SSSR count). The molecule has 0 aromatic carbocycles. The van der Waals surface area contributed by atoms with E-state index in [9.17, 15) is 4.79 Å². The topological polar surface area (TPSA) is 79.0 Å². The van der Waals surface area contributed by atoms with E-state index in [-0.39, 0.29) is 11.7 Å². The lowest BCUT2D eigenvalue weighted by Crippen LogP contribution is -2.22. The molecule has 1 aliphatic carbocycles. The number of hydrogen-bond acceptors (Lipinski definition) is 3. The molecule has 0 saturated carbocycles. The number of allylic oxidation sites excluding steroid dienone is 1. The number of rotatable bonds is 5. The van der Waals surface area contributed by atoms with E-state index in [1.54, 1.807) is 17.4 Å². The number of carbonyl (C=O) groups is 1. The predicted molar refractivity (Wildman–Crippen MR) is 84.2 cm³/mol. The van der Waals surface area contributed by atoms with Crippen molar-refractivity contribution in [3.63, 3.8) is 0 Å². The first kappa shape index (κ1) is 14.8. The van der Waals surface area contributed by atoms with Gasteiger partial charge in [0.2, 0.25) is 5.91 Å². The molecule has 0 unspecified atom stereocenters. The molecular formula is C15H21N3OS. The van der Waals surface area contributed by atoms with Crippen LogP contribution < -0.4 is 11.1 Å². The molecule has 0 saturated heterocycles. The van der Waals surface area contributed by atoms with Crippen molar-refractivity contribution >= 4 is 28.7 Å². The lowest BCUT2D eigenvalue weighted by atomic mass is 9.93. The summed E-state index contributed by atoms with van der Waals surface area (Å²) in [4.78, 5) is 13.9. The third-order valence-corrected chi connectivity index (χ3v) is 4.63. The fourth-order valence-electron chi connectivity index (χ4n) is 2.34. The van der Waals surface area contributed by atoms with E-state index < -0.39 is 0 Å². The van der Waals surface area contributed by atoms with Crippen molar-refractivity contribution in [1.29, 1.82) is 5.41 Å². The zero-order valence-electron chi connectivity index (χ0n) is 11.8. The van der Waals surface area contributed by atoms with Crippen molar-refractivity contribution in [2.24, 2.45) is 5.73 Å². The molecule has 1 aliphatic rings. The zero-order valence-corrected chi connectivity index (χ0v) is 12.6. The molecule has 0 aliphatic heterocycles. The highest BCUT2D eigenvalue weighted by Crippen LogP contribution is 2.36. The van der Waals surface area contributed by atoms with Crippen molar-refractivity contribution in [2.75, 3.05) is 6.54 Å². The van der Waals surface area contributed by atoms with Crippen LogP contribution in [-0.4, -0.2) is 18.3 Å². The standard InChI is InChI=1S/C15H21N3OS/c1-2-3-7-18-14(19)8-10-5-4-6-12-11(10)9-13(20-12)15(16)17/h8-9H,2-7H2,1H3,(H3,16,17)(H,18,19). The highest BCUT2D eigenvalue weighted by molar-refractivity contribution is 7.14. The number of nitrogen functional groups attached to an aromatic ring is 1. The monoisotopic (exact) mass is 291 g/mol. The van der Waals surface area contributed by atoms with Crippen LogP contribution in [0.3, 0.4) is 0 Å². The average molecular weight is 291 g/mol. The van der Waals surface area contributed by atoms with Crippen LogP contribution in [0.15, 0.2) is 12.1 Å². The SMILES string of the molecule is CCCCNC(=O)C=C1CCCc2sc(C(=N)N)cc21. The van der Waals surface area contributed by atoms with Crippen molar-refractivity contribution in [3.8, 4) is 0 Å². The Kier molecular flexibility index (Phi) is 4.95. The quantitative estimate of drug-likeness (QED) is 0.337. The normalized spacial score (nSPS) is 15.9. The minimum absolute atomic E-state index is 0.0168. The Balaban J connectivity index is 2.15. The zero-order chi connectivity index (χ0) is 14.5. The van der Waals surface area contributed by atoms with Gasteiger partial charge in [-0.3, -0.25) is 10.2 Å². The van der Waals surface area contributed by atoms with Crippen LogP contribution >= 0.6 is 11.3 Å². The Bertz CT molecular complexity index is 545. The Morgan fingerprint density at radius 2 is 2.35 bits per heavy atom. The summed E-state index contributed by atoms with van der Waals surface area (Å²) in [6.45, 7) is 2.83. The number of amides is 1. The molecule has 1 aromatic rings. The number of hydrogen-bond donors (Lipinski definition) is 3. The van der Waals surface area contributed by atoms with Crippen molar-refractivity contribution in [2.45, 2.75) is 39.0 Å². The molecule has 5 heteroatoms. The van der Waals surface area contributed by atoms with Crippen LogP contribution in [0.25, 0.3) is 5.57 Å². The van der Waals surface area contributed by atoms with Gasteiger partial charge in [-0.15, -0.1) is 11.3 Å². The molecular weight excluding hydrogens is 270 g/mol. The van der Waals surface area contributed by atoms with Gasteiger partial charge in [-0.2, -0.15) is 0 Å². The van der Waals surface area contributed by atoms with Gasteiger partial charge in [0.25, 0.3) is 0 Å². The molecule has 0 radical (unpaired) electrons. The summed E-state index contributed by atoms with van der Waals surface area (Å²) < 4.78 is 0. The first-order valence-electron chi connectivity index (χ1n) is 7.07. The van der Waals surface area contributed by atoms with Crippen molar-refractivity contribution < 1.29 is 4.79 Å². The number of amidine groups is 1. The molecule has 108 valence electrons. The summed E-state index contributed by atoms with van der Waals surface area (Å²) in [5.74, 6) is 0.0908. The lowest BCUT2D eigenvalue weighted by molar-refractivity contribution is -0.116. The number of aryl methyl sites for hydroxylation is 1. The van der Waals surface area contributed by atoms with E-state index in [1.807, 2.05) is 6.07 Å². The van der Waals surface area contributed by atoms with Crippen LogP contribution in [0.5, 0.6) is 0 Å². The van der Waals surface area contributed by atoms with E-state index >= 15 is 0 Å². The van der Waals surface area contributed by atoms with Crippen LogP contribution in [0.1, 0.15) is 47.9 Å². The van der Waals surface area contributed by atoms with E-state index in [0.29, 0.717) is 0 Å². The molecule has 1 amide bonds. The molecule has 0 atom stereocenters. The lowest BCUT2D eigenvalue weighted by Gasteiger charge is -2.14. The summed E-state index contributed by atoms with van der Waals surface area (Å²) in [6, 6.07) is 1.95. The highest BCUT2D eigenvalue weighted by Gasteiger charge is 2.19. The van der Waals surface area contributed by atoms with Crippen LogP contribution in [-0.2, 0) is 11.2 Å². The molecule has 1 heterocycles. The van der Waals surface area contributed by atoms with Gasteiger partial charge in [0.05, 0.1) is 4.88 Å². The largest absolute Gasteiger partial charge is 0.383 e. The number of fused-ring (bicyclic) bond motifs is 1. The minimum Gasteiger partial charge on any atom is -0.383 e. The molecule has 20 heavy (non-hydrogen) atoms. The third kappa shape index (κ3) is 3.48. The van der Waals surface area contributed by atoms with Gasteiger partial charge in [-0.25, -0.2) is 0 Å². The summed E-state index contributed by atoms with van der Waals surface area (Å²) in [5, 5.41) is 10.4. The summed E-state index contributed by atoms with van der Waals surface area (Å²) in [6.07, 6.45) is 6.79. The van der Waals surface area contributed by atoms with E-state index in [4.69, 9.17) is 11.1 Å². The number of nitrogens with one attached hydrogen (secondary N) is 2. The smallest absolute Gasteiger partial charge is 0.244 e. The summed E-state index contributed by atoms with van der Waals surface area (Å²) in [5.41, 5.74) is 7.73. The van der Waals surface area contributed by atoms with Gasteiger partial charge < -0.3 is 11.1 Å². The predicted octanol–water partition coefficient (Wildman–Crippen LogP) is 2.67. The summed E-state index contributed by atoms with van der Waals surface area (Å²) >= 11 is 1.57. The highest BCUT2D eigenvalue weighted by atomic mass is 32.1. The molecule has 0 spiro atoms. The Morgan fingerprint density at radius 3 is 3.05 bits per heavy atom. The first-order valence-corrected chi connectivity index (χ1v) is 7.89. The Labute approximate surface area is 123 Å². The average Bonchev–Trinajstić information content (AvgIpc) is 2.84. The van der Waals surface area contributed by atoms with Crippen LogP contribution in [0.4, 0.5) is 0 Å². The van der Waals surface area contributed by atoms with E-state index in [0.717, 1.165) is 54.7 Å². The van der Waals surface area contributed by atoms with Crippen molar-refractivity contribution in [3.05, 3.63) is 27.5 Å². The van der Waals surface area contributed by atoms with Gasteiger partial charge in [0.15, 0.2) is 0 Å².